The number of hydrogen-bond acceptors (Lipinski definition) is 2. The van der Waals surface area contributed by atoms with Crippen LogP contribution in [0.4, 0.5) is 23.2 Å². The van der Waals surface area contributed by atoms with Gasteiger partial charge in [0.25, 0.3) is 0 Å². The highest BCUT2D eigenvalue weighted by atomic mass is 35.5. The van der Waals surface area contributed by atoms with Crippen molar-refractivity contribution in [1.29, 1.82) is 0 Å². The molecule has 0 aliphatic rings. The first-order valence-electron chi connectivity index (χ1n) is 5.67. The topological polar surface area (TPSA) is 32.6 Å². The van der Waals surface area contributed by atoms with Gasteiger partial charge in [-0.15, -0.1) is 0 Å². The van der Waals surface area contributed by atoms with Crippen molar-refractivity contribution in [3.63, 3.8) is 0 Å². The summed E-state index contributed by atoms with van der Waals surface area (Å²) in [6.07, 6.45) is -3.55. The lowest BCUT2D eigenvalue weighted by Crippen LogP contribution is -2.04. The van der Waals surface area contributed by atoms with Gasteiger partial charge in [-0.2, -0.15) is 13.2 Å². The van der Waals surface area contributed by atoms with E-state index >= 15 is 0 Å². The van der Waals surface area contributed by atoms with E-state index in [4.69, 9.17) is 11.6 Å². The number of phenolic OH excluding ortho intramolecular Hbond substituents is 1. The van der Waals surface area contributed by atoms with E-state index in [1.165, 1.54) is 18.2 Å². The lowest BCUT2D eigenvalue weighted by atomic mass is 10.2. The number of aromatic hydroxyl groups is 1. The molecule has 0 aliphatic heterocycles. The zero-order valence-corrected chi connectivity index (χ0v) is 11.1. The summed E-state index contributed by atoms with van der Waals surface area (Å²) in [6.45, 7) is 0. The van der Waals surface area contributed by atoms with Gasteiger partial charge in [0, 0.05) is 16.8 Å². The maximum atomic E-state index is 13.5. The Balaban J connectivity index is 2.39. The minimum atomic E-state index is -4.59. The fourth-order valence-corrected chi connectivity index (χ4v) is 1.74. The van der Waals surface area contributed by atoms with Crippen molar-refractivity contribution >= 4 is 23.5 Å². The number of hydrogen-bond donors (Lipinski definition) is 1. The van der Waals surface area contributed by atoms with E-state index in [0.29, 0.717) is 23.2 Å². The first-order chi connectivity index (χ1) is 9.77. The third kappa shape index (κ3) is 3.72. The van der Waals surface area contributed by atoms with Crippen LogP contribution in [-0.4, -0.2) is 11.3 Å². The molecule has 0 spiro atoms. The van der Waals surface area contributed by atoms with Crippen molar-refractivity contribution in [2.45, 2.75) is 6.18 Å². The molecule has 0 atom stereocenters. The van der Waals surface area contributed by atoms with Crippen LogP contribution in [-0.2, 0) is 6.18 Å². The minimum Gasteiger partial charge on any atom is -0.507 e. The standard InChI is InChI=1S/C14H8ClF4NO/c15-10-2-4-13(21)8(5-10)7-20-12-6-9(14(17,18)19)1-3-11(12)16/h1-7,21H. The highest BCUT2D eigenvalue weighted by molar-refractivity contribution is 6.30. The summed E-state index contributed by atoms with van der Waals surface area (Å²) < 4.78 is 51.1. The second-order valence-electron chi connectivity index (χ2n) is 4.13. The van der Waals surface area contributed by atoms with Crippen LogP contribution in [0, 0.1) is 5.82 Å². The number of aliphatic imine (C=N–C) groups is 1. The SMILES string of the molecule is Oc1ccc(Cl)cc1C=Nc1cc(C(F)(F)F)ccc1F. The zero-order valence-electron chi connectivity index (χ0n) is 10.3. The molecular weight excluding hydrogens is 310 g/mol. The number of rotatable bonds is 2. The molecule has 2 rings (SSSR count). The van der Waals surface area contributed by atoms with E-state index in [2.05, 4.69) is 4.99 Å². The molecule has 7 heteroatoms. The van der Waals surface area contributed by atoms with Crippen molar-refractivity contribution in [2.75, 3.05) is 0 Å². The summed E-state index contributed by atoms with van der Waals surface area (Å²) >= 11 is 5.72. The molecule has 1 N–H and O–H groups in total. The van der Waals surface area contributed by atoms with Crippen molar-refractivity contribution < 1.29 is 22.7 Å². The summed E-state index contributed by atoms with van der Waals surface area (Å²) in [5.41, 5.74) is -1.32. The Morgan fingerprint density at radius 3 is 2.48 bits per heavy atom. The van der Waals surface area contributed by atoms with E-state index in [1.807, 2.05) is 0 Å². The Morgan fingerprint density at radius 2 is 1.81 bits per heavy atom. The summed E-state index contributed by atoms with van der Waals surface area (Å²) in [6, 6.07) is 5.99. The van der Waals surface area contributed by atoms with Crippen LogP contribution in [0.25, 0.3) is 0 Å². The molecular formula is C14H8ClF4NO. The normalized spacial score (nSPS) is 12.0. The molecule has 0 amide bonds. The fourth-order valence-electron chi connectivity index (χ4n) is 1.56. The van der Waals surface area contributed by atoms with Gasteiger partial charge < -0.3 is 5.11 Å². The molecule has 0 fully saturated rings. The van der Waals surface area contributed by atoms with Crippen LogP contribution in [0.5, 0.6) is 5.75 Å². The van der Waals surface area contributed by atoms with Gasteiger partial charge in [-0.3, -0.25) is 4.99 Å². The minimum absolute atomic E-state index is 0.166. The molecule has 0 bridgehead atoms. The van der Waals surface area contributed by atoms with Gasteiger partial charge in [0.15, 0.2) is 0 Å². The molecule has 0 saturated carbocycles. The van der Waals surface area contributed by atoms with Crippen LogP contribution in [0.15, 0.2) is 41.4 Å². The number of halogens is 5. The zero-order chi connectivity index (χ0) is 15.6. The van der Waals surface area contributed by atoms with Gasteiger partial charge in [0.05, 0.1) is 11.3 Å². The Kier molecular flexibility index (Phi) is 4.18. The summed E-state index contributed by atoms with van der Waals surface area (Å²) in [4.78, 5) is 3.63. The Labute approximate surface area is 122 Å². The smallest absolute Gasteiger partial charge is 0.416 e. The highest BCUT2D eigenvalue weighted by Gasteiger charge is 2.31. The Morgan fingerprint density at radius 1 is 1.10 bits per heavy atom. The van der Waals surface area contributed by atoms with Crippen LogP contribution in [0.3, 0.4) is 0 Å². The van der Waals surface area contributed by atoms with E-state index in [0.717, 1.165) is 6.21 Å². The van der Waals surface area contributed by atoms with Crippen LogP contribution in [0.2, 0.25) is 5.02 Å². The van der Waals surface area contributed by atoms with Crippen LogP contribution >= 0.6 is 11.6 Å². The van der Waals surface area contributed by atoms with Gasteiger partial charge in [0.1, 0.15) is 11.6 Å². The number of phenols is 1. The van der Waals surface area contributed by atoms with Crippen LogP contribution in [0.1, 0.15) is 11.1 Å². The first-order valence-corrected chi connectivity index (χ1v) is 6.04. The molecule has 2 nitrogen and oxygen atoms in total. The predicted octanol–water partition coefficient (Wildman–Crippen LogP) is 4.95. The number of nitrogens with zero attached hydrogens (tertiary/aromatic N) is 1. The fraction of sp³-hybridized carbons (Fsp3) is 0.0714. The van der Waals surface area contributed by atoms with Crippen molar-refractivity contribution in [1.82, 2.24) is 0 Å². The average Bonchev–Trinajstić information content (AvgIpc) is 2.40. The van der Waals surface area contributed by atoms with Crippen molar-refractivity contribution in [3.8, 4) is 5.75 Å². The van der Waals surface area contributed by atoms with Crippen molar-refractivity contribution in [2.24, 2.45) is 4.99 Å². The van der Waals surface area contributed by atoms with Gasteiger partial charge in [-0.25, -0.2) is 4.39 Å². The summed E-state index contributed by atoms with van der Waals surface area (Å²) in [5, 5.41) is 9.85. The maximum Gasteiger partial charge on any atom is 0.416 e. The predicted molar refractivity (Wildman–Crippen MR) is 71.8 cm³/mol. The van der Waals surface area contributed by atoms with Crippen molar-refractivity contribution in [3.05, 3.63) is 58.4 Å². The van der Waals surface area contributed by atoms with E-state index in [-0.39, 0.29) is 11.3 Å². The van der Waals surface area contributed by atoms with E-state index in [1.54, 1.807) is 0 Å². The largest absolute Gasteiger partial charge is 0.507 e. The van der Waals surface area contributed by atoms with E-state index in [9.17, 15) is 22.7 Å². The Hall–Kier alpha value is -2.08. The average molecular weight is 318 g/mol. The van der Waals surface area contributed by atoms with Crippen LogP contribution < -0.4 is 0 Å². The monoisotopic (exact) mass is 317 g/mol. The number of alkyl halides is 3. The molecule has 110 valence electrons. The second-order valence-corrected chi connectivity index (χ2v) is 4.56. The molecule has 2 aromatic carbocycles. The van der Waals surface area contributed by atoms with E-state index < -0.39 is 23.2 Å². The molecule has 21 heavy (non-hydrogen) atoms. The third-order valence-electron chi connectivity index (χ3n) is 2.61. The lowest BCUT2D eigenvalue weighted by molar-refractivity contribution is -0.137. The van der Waals surface area contributed by atoms with Gasteiger partial charge in [-0.05, 0) is 36.4 Å². The number of benzene rings is 2. The van der Waals surface area contributed by atoms with Gasteiger partial charge >= 0.3 is 6.18 Å². The molecule has 0 aromatic heterocycles. The molecule has 0 unspecified atom stereocenters. The van der Waals surface area contributed by atoms with Gasteiger partial charge in [-0.1, -0.05) is 11.6 Å². The molecule has 0 aliphatic carbocycles. The lowest BCUT2D eigenvalue weighted by Gasteiger charge is -2.07. The second kappa shape index (κ2) is 5.73. The highest BCUT2D eigenvalue weighted by Crippen LogP contribution is 2.32. The van der Waals surface area contributed by atoms with Gasteiger partial charge in [0.2, 0.25) is 0 Å². The molecule has 2 aromatic rings. The Bertz CT molecular complexity index is 698. The summed E-state index contributed by atoms with van der Waals surface area (Å²) in [7, 11) is 0. The summed E-state index contributed by atoms with van der Waals surface area (Å²) in [5.74, 6) is -1.07. The molecule has 0 heterocycles. The first kappa shape index (κ1) is 15.3. The maximum absolute atomic E-state index is 13.5. The third-order valence-corrected chi connectivity index (χ3v) is 2.84. The molecule has 0 radical (unpaired) electrons. The molecule has 0 saturated heterocycles. The quantitative estimate of drug-likeness (QED) is 0.616.